The van der Waals surface area contributed by atoms with E-state index in [2.05, 4.69) is 9.36 Å². The van der Waals surface area contributed by atoms with Gasteiger partial charge in [0.1, 0.15) is 6.10 Å². The molecular weight excluding hydrogens is 150 g/mol. The Morgan fingerprint density at radius 3 is 2.80 bits per heavy atom. The number of hydrogen-bond donors (Lipinski definition) is 1. The molecule has 0 aliphatic heterocycles. The van der Waals surface area contributed by atoms with Crippen LogP contribution in [0.5, 0.6) is 0 Å². The van der Waals surface area contributed by atoms with Crippen molar-refractivity contribution in [3.05, 3.63) is 5.82 Å². The SMILES string of the molecule is COC(C)c1nsc(N)n1. The van der Waals surface area contributed by atoms with Crippen LogP contribution in [-0.4, -0.2) is 16.5 Å². The van der Waals surface area contributed by atoms with Gasteiger partial charge in [-0.05, 0) is 6.92 Å². The van der Waals surface area contributed by atoms with Crippen LogP contribution in [0.4, 0.5) is 5.13 Å². The summed E-state index contributed by atoms with van der Waals surface area (Å²) in [5.74, 6) is 0.657. The lowest BCUT2D eigenvalue weighted by Gasteiger charge is -2.01. The van der Waals surface area contributed by atoms with Gasteiger partial charge in [-0.2, -0.15) is 4.37 Å². The molecule has 0 aliphatic rings. The van der Waals surface area contributed by atoms with Crippen LogP contribution in [-0.2, 0) is 4.74 Å². The molecule has 0 aromatic carbocycles. The van der Waals surface area contributed by atoms with E-state index in [9.17, 15) is 0 Å². The van der Waals surface area contributed by atoms with Crippen molar-refractivity contribution in [1.82, 2.24) is 9.36 Å². The Morgan fingerprint density at radius 2 is 2.40 bits per heavy atom. The summed E-state index contributed by atoms with van der Waals surface area (Å²) in [4.78, 5) is 3.94. The molecule has 0 saturated heterocycles. The van der Waals surface area contributed by atoms with Crippen LogP contribution in [0.15, 0.2) is 0 Å². The van der Waals surface area contributed by atoms with Crippen molar-refractivity contribution in [3.63, 3.8) is 0 Å². The van der Waals surface area contributed by atoms with E-state index in [1.165, 1.54) is 11.5 Å². The molecule has 10 heavy (non-hydrogen) atoms. The molecule has 4 nitrogen and oxygen atoms in total. The Balaban J connectivity index is 2.74. The summed E-state index contributed by atoms with van der Waals surface area (Å²) in [6.07, 6.45) is -0.0615. The smallest absolute Gasteiger partial charge is 0.200 e. The molecule has 5 heteroatoms. The summed E-state index contributed by atoms with van der Waals surface area (Å²) >= 11 is 1.18. The van der Waals surface area contributed by atoms with Crippen LogP contribution in [0.25, 0.3) is 0 Å². The highest BCUT2D eigenvalue weighted by atomic mass is 32.1. The van der Waals surface area contributed by atoms with Crippen molar-refractivity contribution < 1.29 is 4.74 Å². The fourth-order valence-corrected chi connectivity index (χ4v) is 1.03. The third kappa shape index (κ3) is 1.43. The molecule has 0 bridgehead atoms. The summed E-state index contributed by atoms with van der Waals surface area (Å²) in [5.41, 5.74) is 5.36. The molecule has 1 atom stereocenters. The Labute approximate surface area is 63.2 Å². The quantitative estimate of drug-likeness (QED) is 0.694. The van der Waals surface area contributed by atoms with Gasteiger partial charge in [-0.3, -0.25) is 0 Å². The fraction of sp³-hybridized carbons (Fsp3) is 0.600. The van der Waals surface area contributed by atoms with E-state index in [1.54, 1.807) is 7.11 Å². The van der Waals surface area contributed by atoms with Crippen molar-refractivity contribution in [3.8, 4) is 0 Å². The van der Waals surface area contributed by atoms with E-state index >= 15 is 0 Å². The molecule has 0 saturated carbocycles. The minimum Gasteiger partial charge on any atom is -0.374 e. The maximum absolute atomic E-state index is 5.36. The zero-order valence-corrected chi connectivity index (χ0v) is 6.68. The highest BCUT2D eigenvalue weighted by Crippen LogP contribution is 2.15. The molecule has 56 valence electrons. The zero-order valence-electron chi connectivity index (χ0n) is 5.87. The first-order valence-corrected chi connectivity index (χ1v) is 3.63. The van der Waals surface area contributed by atoms with E-state index in [4.69, 9.17) is 10.5 Å². The van der Waals surface area contributed by atoms with Gasteiger partial charge in [-0.25, -0.2) is 4.98 Å². The molecule has 0 spiro atoms. The molecule has 0 fully saturated rings. The molecule has 1 unspecified atom stereocenters. The number of ether oxygens (including phenoxy) is 1. The third-order valence-corrected chi connectivity index (χ3v) is 1.73. The first-order valence-electron chi connectivity index (χ1n) is 2.86. The van der Waals surface area contributed by atoms with Crippen molar-refractivity contribution in [2.24, 2.45) is 0 Å². The average Bonchev–Trinajstić information content (AvgIpc) is 2.34. The van der Waals surface area contributed by atoms with Gasteiger partial charge in [0.2, 0.25) is 0 Å². The lowest BCUT2D eigenvalue weighted by Crippen LogP contribution is -1.98. The van der Waals surface area contributed by atoms with E-state index in [1.807, 2.05) is 6.92 Å². The average molecular weight is 159 g/mol. The first kappa shape index (κ1) is 7.43. The van der Waals surface area contributed by atoms with Gasteiger partial charge in [0.05, 0.1) is 0 Å². The van der Waals surface area contributed by atoms with Gasteiger partial charge in [0.15, 0.2) is 11.0 Å². The second kappa shape index (κ2) is 2.94. The van der Waals surface area contributed by atoms with Crippen LogP contribution in [0.3, 0.4) is 0 Å². The number of anilines is 1. The summed E-state index contributed by atoms with van der Waals surface area (Å²) in [5, 5.41) is 0.485. The lowest BCUT2D eigenvalue weighted by atomic mass is 10.4. The zero-order chi connectivity index (χ0) is 7.56. The van der Waals surface area contributed by atoms with Crippen molar-refractivity contribution >= 4 is 16.7 Å². The number of aromatic nitrogens is 2. The maximum Gasteiger partial charge on any atom is 0.200 e. The topological polar surface area (TPSA) is 61.0 Å². The fourth-order valence-electron chi connectivity index (χ4n) is 0.518. The number of nitrogen functional groups attached to an aromatic ring is 1. The van der Waals surface area contributed by atoms with Gasteiger partial charge in [0.25, 0.3) is 0 Å². The van der Waals surface area contributed by atoms with E-state index < -0.39 is 0 Å². The second-order valence-corrected chi connectivity index (χ2v) is 2.65. The number of nitrogens with two attached hydrogens (primary N) is 1. The maximum atomic E-state index is 5.36. The van der Waals surface area contributed by atoms with E-state index in [0.717, 1.165) is 0 Å². The van der Waals surface area contributed by atoms with Crippen molar-refractivity contribution in [2.75, 3.05) is 12.8 Å². The highest BCUT2D eigenvalue weighted by Gasteiger charge is 2.08. The van der Waals surface area contributed by atoms with Crippen molar-refractivity contribution in [2.45, 2.75) is 13.0 Å². The standard InChI is InChI=1S/C5H9N3OS/c1-3(9-2)4-7-5(6)10-8-4/h3H,1-2H3,(H2,6,7,8). The Morgan fingerprint density at radius 1 is 1.70 bits per heavy atom. The monoisotopic (exact) mass is 159 g/mol. The molecule has 0 amide bonds. The van der Waals surface area contributed by atoms with E-state index in [0.29, 0.717) is 11.0 Å². The number of rotatable bonds is 2. The largest absolute Gasteiger partial charge is 0.374 e. The molecule has 1 aromatic heterocycles. The Bertz CT molecular complexity index is 212. The van der Waals surface area contributed by atoms with Gasteiger partial charge in [-0.15, -0.1) is 0 Å². The first-order chi connectivity index (χ1) is 4.74. The van der Waals surface area contributed by atoms with Crippen LogP contribution in [0.2, 0.25) is 0 Å². The minimum absolute atomic E-state index is 0.0615. The van der Waals surface area contributed by atoms with Crippen LogP contribution >= 0.6 is 11.5 Å². The summed E-state index contributed by atoms with van der Waals surface area (Å²) < 4.78 is 8.94. The molecule has 1 rings (SSSR count). The van der Waals surface area contributed by atoms with Gasteiger partial charge < -0.3 is 10.5 Å². The Kier molecular flexibility index (Phi) is 2.18. The molecule has 1 aromatic rings. The number of hydrogen-bond acceptors (Lipinski definition) is 5. The summed E-state index contributed by atoms with van der Waals surface area (Å²) in [7, 11) is 1.61. The van der Waals surface area contributed by atoms with E-state index in [-0.39, 0.29) is 6.10 Å². The molecule has 0 radical (unpaired) electrons. The predicted octanol–water partition coefficient (Wildman–Crippen LogP) is 0.828. The molecule has 1 heterocycles. The van der Waals surface area contributed by atoms with Gasteiger partial charge in [0, 0.05) is 18.6 Å². The predicted molar refractivity (Wildman–Crippen MR) is 39.7 cm³/mol. The summed E-state index contributed by atoms with van der Waals surface area (Å²) in [6.45, 7) is 1.88. The highest BCUT2D eigenvalue weighted by molar-refractivity contribution is 7.09. The normalized spacial score (nSPS) is 13.4. The number of methoxy groups -OCH3 is 1. The second-order valence-electron chi connectivity index (χ2n) is 1.87. The van der Waals surface area contributed by atoms with Crippen molar-refractivity contribution in [1.29, 1.82) is 0 Å². The van der Waals surface area contributed by atoms with Crippen LogP contribution < -0.4 is 5.73 Å². The summed E-state index contributed by atoms with van der Waals surface area (Å²) in [6, 6.07) is 0. The third-order valence-electron chi connectivity index (χ3n) is 1.17. The molecular formula is C5H9N3OS. The van der Waals surface area contributed by atoms with Crippen LogP contribution in [0, 0.1) is 0 Å². The number of nitrogens with zero attached hydrogens (tertiary/aromatic N) is 2. The Hall–Kier alpha value is -0.680. The van der Waals surface area contributed by atoms with Crippen LogP contribution in [0.1, 0.15) is 18.9 Å². The van der Waals surface area contributed by atoms with Gasteiger partial charge in [-0.1, -0.05) is 0 Å². The molecule has 0 aliphatic carbocycles. The molecule has 2 N–H and O–H groups in total. The lowest BCUT2D eigenvalue weighted by molar-refractivity contribution is 0.113. The minimum atomic E-state index is -0.0615. The van der Waals surface area contributed by atoms with Gasteiger partial charge >= 0.3 is 0 Å².